The second-order valence-corrected chi connectivity index (χ2v) is 6.16. The molecular weight excluding hydrogens is 322 g/mol. The molecule has 1 unspecified atom stereocenters. The first-order valence-electron chi connectivity index (χ1n) is 6.58. The molecule has 20 heavy (non-hydrogen) atoms. The van der Waals surface area contributed by atoms with Gasteiger partial charge in [-0.15, -0.1) is 0 Å². The Bertz CT molecular complexity index is 474. The van der Waals surface area contributed by atoms with E-state index in [0.29, 0.717) is 13.0 Å². The summed E-state index contributed by atoms with van der Waals surface area (Å²) in [7, 11) is 1.39. The first-order valence-corrected chi connectivity index (χ1v) is 7.37. The van der Waals surface area contributed by atoms with Crippen LogP contribution in [0, 0.1) is 5.41 Å². The van der Waals surface area contributed by atoms with Crippen LogP contribution in [0.25, 0.3) is 0 Å². The predicted molar refractivity (Wildman–Crippen MR) is 82.7 cm³/mol. The molecule has 2 N–H and O–H groups in total. The van der Waals surface area contributed by atoms with Gasteiger partial charge in [-0.25, -0.2) is 0 Å². The van der Waals surface area contributed by atoms with E-state index < -0.39 is 5.41 Å². The predicted octanol–water partition coefficient (Wildman–Crippen LogP) is 3.44. The smallest absolute Gasteiger partial charge is 0.311 e. The van der Waals surface area contributed by atoms with E-state index in [1.165, 1.54) is 7.11 Å². The summed E-state index contributed by atoms with van der Waals surface area (Å²) in [4.78, 5) is 11.7. The molecule has 0 aliphatic heterocycles. The van der Waals surface area contributed by atoms with Gasteiger partial charge in [0.05, 0.1) is 23.6 Å². The van der Waals surface area contributed by atoms with Gasteiger partial charge in [0.15, 0.2) is 0 Å². The van der Waals surface area contributed by atoms with E-state index >= 15 is 0 Å². The highest BCUT2D eigenvalue weighted by Gasteiger charge is 2.31. The Morgan fingerprint density at radius 2 is 2.10 bits per heavy atom. The summed E-state index contributed by atoms with van der Waals surface area (Å²) in [5.41, 5.74) is 6.54. The molecule has 4 nitrogen and oxygen atoms in total. The van der Waals surface area contributed by atoms with Crippen molar-refractivity contribution in [3.63, 3.8) is 0 Å². The van der Waals surface area contributed by atoms with Gasteiger partial charge in [-0.2, -0.15) is 0 Å². The number of benzene rings is 1. The first-order chi connectivity index (χ1) is 9.31. The van der Waals surface area contributed by atoms with Crippen LogP contribution in [0.15, 0.2) is 22.7 Å². The molecule has 5 heteroatoms. The molecule has 0 heterocycles. The molecule has 0 fully saturated rings. The maximum atomic E-state index is 11.7. The normalized spacial score (nSPS) is 12.9. The van der Waals surface area contributed by atoms with Crippen molar-refractivity contribution in [1.29, 1.82) is 0 Å². The van der Waals surface area contributed by atoms with Crippen LogP contribution in [-0.2, 0) is 9.53 Å². The maximum Gasteiger partial charge on any atom is 0.311 e. The van der Waals surface area contributed by atoms with Crippen LogP contribution in [0.5, 0.6) is 5.75 Å². The lowest BCUT2D eigenvalue weighted by Crippen LogP contribution is -2.30. The molecule has 1 aromatic carbocycles. The van der Waals surface area contributed by atoms with Crippen LogP contribution in [0.4, 0.5) is 0 Å². The van der Waals surface area contributed by atoms with Crippen LogP contribution in [0.2, 0.25) is 0 Å². The molecule has 1 rings (SSSR count). The molecule has 0 bridgehead atoms. The number of ether oxygens (including phenoxy) is 2. The Kier molecular flexibility index (Phi) is 6.02. The molecule has 112 valence electrons. The van der Waals surface area contributed by atoms with Crippen LogP contribution in [-0.4, -0.2) is 19.7 Å². The molecule has 1 aromatic rings. The second kappa shape index (κ2) is 7.09. The van der Waals surface area contributed by atoms with E-state index in [4.69, 9.17) is 15.2 Å². The number of hydrogen-bond donors (Lipinski definition) is 1. The van der Waals surface area contributed by atoms with Crippen molar-refractivity contribution in [3.8, 4) is 5.75 Å². The third-order valence-electron chi connectivity index (χ3n) is 3.15. The minimum atomic E-state index is -0.612. The quantitative estimate of drug-likeness (QED) is 0.803. The Morgan fingerprint density at radius 3 is 2.60 bits per heavy atom. The Morgan fingerprint density at radius 1 is 1.45 bits per heavy atom. The molecule has 0 aliphatic rings. The van der Waals surface area contributed by atoms with Gasteiger partial charge in [-0.1, -0.05) is 6.07 Å². The van der Waals surface area contributed by atoms with Gasteiger partial charge in [-0.3, -0.25) is 4.79 Å². The summed E-state index contributed by atoms with van der Waals surface area (Å²) in [5, 5.41) is 0. The monoisotopic (exact) mass is 343 g/mol. The molecule has 1 atom stereocenters. The largest absolute Gasteiger partial charge is 0.493 e. The minimum Gasteiger partial charge on any atom is -0.493 e. The first kappa shape index (κ1) is 17.0. The van der Waals surface area contributed by atoms with E-state index in [2.05, 4.69) is 15.9 Å². The number of carbonyl (C=O) groups excluding carboxylic acids is 1. The SMILES string of the molecule is CCOc1ccc(C(N)CC(C)(C)C(=O)OC)cc1Br. The van der Waals surface area contributed by atoms with Crippen LogP contribution < -0.4 is 10.5 Å². The highest BCUT2D eigenvalue weighted by atomic mass is 79.9. The lowest BCUT2D eigenvalue weighted by molar-refractivity contribution is -0.151. The summed E-state index contributed by atoms with van der Waals surface area (Å²) < 4.78 is 11.1. The van der Waals surface area contributed by atoms with Gasteiger partial charge < -0.3 is 15.2 Å². The molecule has 0 saturated heterocycles. The molecule has 0 saturated carbocycles. The number of halogens is 1. The van der Waals surface area contributed by atoms with Crippen molar-refractivity contribution in [2.75, 3.05) is 13.7 Å². The lowest BCUT2D eigenvalue weighted by atomic mass is 9.84. The topological polar surface area (TPSA) is 61.5 Å². The fourth-order valence-corrected chi connectivity index (χ4v) is 2.56. The van der Waals surface area contributed by atoms with Crippen molar-refractivity contribution in [3.05, 3.63) is 28.2 Å². The zero-order chi connectivity index (χ0) is 15.3. The number of esters is 1. The Hall–Kier alpha value is -1.07. The van der Waals surface area contributed by atoms with E-state index in [1.54, 1.807) is 0 Å². The van der Waals surface area contributed by atoms with Crippen molar-refractivity contribution >= 4 is 21.9 Å². The van der Waals surface area contributed by atoms with E-state index in [9.17, 15) is 4.79 Å². The number of methoxy groups -OCH3 is 1. The highest BCUT2D eigenvalue weighted by Crippen LogP contribution is 2.33. The van der Waals surface area contributed by atoms with E-state index in [-0.39, 0.29) is 12.0 Å². The fraction of sp³-hybridized carbons (Fsp3) is 0.533. The zero-order valence-corrected chi connectivity index (χ0v) is 14.0. The molecule has 0 radical (unpaired) electrons. The Balaban J connectivity index is 2.85. The minimum absolute atomic E-state index is 0.240. The van der Waals surface area contributed by atoms with Gasteiger partial charge in [-0.05, 0) is 60.8 Å². The lowest BCUT2D eigenvalue weighted by Gasteiger charge is -2.25. The third kappa shape index (κ3) is 4.21. The summed E-state index contributed by atoms with van der Waals surface area (Å²) in [6, 6.07) is 5.50. The summed E-state index contributed by atoms with van der Waals surface area (Å²) in [5.74, 6) is 0.536. The summed E-state index contributed by atoms with van der Waals surface area (Å²) in [6.45, 7) is 6.22. The average Bonchev–Trinajstić information content (AvgIpc) is 2.39. The van der Waals surface area contributed by atoms with Crippen molar-refractivity contribution in [2.45, 2.75) is 33.2 Å². The maximum absolute atomic E-state index is 11.7. The number of nitrogens with two attached hydrogens (primary N) is 1. The molecular formula is C15H22BrNO3. The Labute approximate surface area is 128 Å². The third-order valence-corrected chi connectivity index (χ3v) is 3.77. The summed E-state index contributed by atoms with van der Waals surface area (Å²) in [6.07, 6.45) is 0.514. The number of rotatable bonds is 6. The van der Waals surface area contributed by atoms with Gasteiger partial charge >= 0.3 is 5.97 Å². The van der Waals surface area contributed by atoms with Crippen LogP contribution in [0.1, 0.15) is 38.8 Å². The van der Waals surface area contributed by atoms with Gasteiger partial charge in [0.25, 0.3) is 0 Å². The van der Waals surface area contributed by atoms with Gasteiger partial charge in [0.1, 0.15) is 5.75 Å². The summed E-state index contributed by atoms with van der Waals surface area (Å²) >= 11 is 3.47. The van der Waals surface area contributed by atoms with Crippen molar-refractivity contribution in [1.82, 2.24) is 0 Å². The van der Waals surface area contributed by atoms with E-state index in [1.807, 2.05) is 39.0 Å². The fourth-order valence-electron chi connectivity index (χ4n) is 2.05. The molecule has 0 amide bonds. The zero-order valence-electron chi connectivity index (χ0n) is 12.4. The standard InChI is InChI=1S/C15H22BrNO3/c1-5-20-13-7-6-10(8-11(13)16)12(17)9-15(2,3)14(18)19-4/h6-8,12H,5,9,17H2,1-4H3. The number of carbonyl (C=O) groups is 1. The van der Waals surface area contributed by atoms with Crippen molar-refractivity contribution in [2.24, 2.45) is 11.1 Å². The average molecular weight is 344 g/mol. The van der Waals surface area contributed by atoms with Crippen LogP contribution in [0.3, 0.4) is 0 Å². The second-order valence-electron chi connectivity index (χ2n) is 5.31. The van der Waals surface area contributed by atoms with Gasteiger partial charge in [0, 0.05) is 6.04 Å². The highest BCUT2D eigenvalue weighted by molar-refractivity contribution is 9.10. The van der Waals surface area contributed by atoms with Gasteiger partial charge in [0.2, 0.25) is 0 Å². The van der Waals surface area contributed by atoms with Crippen molar-refractivity contribution < 1.29 is 14.3 Å². The van der Waals surface area contributed by atoms with E-state index in [0.717, 1.165) is 15.8 Å². The van der Waals surface area contributed by atoms with Crippen LogP contribution >= 0.6 is 15.9 Å². The molecule has 0 spiro atoms. The molecule has 0 aliphatic carbocycles. The number of hydrogen-bond acceptors (Lipinski definition) is 4. The molecule has 0 aromatic heterocycles.